The summed E-state index contributed by atoms with van der Waals surface area (Å²) in [6.07, 6.45) is 12.4. The van der Waals surface area contributed by atoms with Crippen LogP contribution in [0.2, 0.25) is 0 Å². The molecule has 0 aromatic rings. The molecule has 2 unspecified atom stereocenters. The van der Waals surface area contributed by atoms with Crippen molar-refractivity contribution in [2.75, 3.05) is 0 Å². The fourth-order valence-corrected chi connectivity index (χ4v) is 6.82. The number of Topliss-reactive ketones (excluding diaryl/α,β-unsaturated/α-hetero) is 1. The van der Waals surface area contributed by atoms with Gasteiger partial charge in [0.1, 0.15) is 11.9 Å². The molecular formula is C23H32O3. The first-order valence-corrected chi connectivity index (χ1v) is 10.3. The van der Waals surface area contributed by atoms with E-state index in [0.29, 0.717) is 17.6 Å². The maximum Gasteiger partial charge on any atom is 0.302 e. The molecule has 0 amide bonds. The Bertz CT molecular complexity index is 702. The van der Waals surface area contributed by atoms with Gasteiger partial charge >= 0.3 is 5.97 Å². The van der Waals surface area contributed by atoms with Crippen molar-refractivity contribution in [3.05, 3.63) is 23.3 Å². The van der Waals surface area contributed by atoms with Gasteiger partial charge in [-0.25, -0.2) is 0 Å². The zero-order valence-electron chi connectivity index (χ0n) is 16.6. The third-order valence-corrected chi connectivity index (χ3v) is 8.26. The van der Waals surface area contributed by atoms with Gasteiger partial charge in [0.2, 0.25) is 0 Å². The van der Waals surface area contributed by atoms with Crippen molar-refractivity contribution in [2.45, 2.75) is 78.7 Å². The predicted molar refractivity (Wildman–Crippen MR) is 101 cm³/mol. The average molecular weight is 357 g/mol. The second kappa shape index (κ2) is 6.07. The van der Waals surface area contributed by atoms with Crippen LogP contribution in [0.4, 0.5) is 0 Å². The summed E-state index contributed by atoms with van der Waals surface area (Å²) in [4.78, 5) is 23.6. The lowest BCUT2D eigenvalue weighted by molar-refractivity contribution is -0.150. The second-order valence-electron chi connectivity index (χ2n) is 9.64. The molecule has 3 nitrogen and oxygen atoms in total. The number of rotatable bonds is 2. The van der Waals surface area contributed by atoms with Gasteiger partial charge in [0, 0.05) is 12.8 Å². The Kier molecular flexibility index (Phi) is 4.20. The monoisotopic (exact) mass is 356 g/mol. The molecule has 26 heavy (non-hydrogen) atoms. The van der Waals surface area contributed by atoms with E-state index in [9.17, 15) is 9.59 Å². The van der Waals surface area contributed by atoms with E-state index in [0.717, 1.165) is 44.9 Å². The minimum absolute atomic E-state index is 0.0866. The largest absolute Gasteiger partial charge is 0.463 e. The second-order valence-corrected chi connectivity index (χ2v) is 9.64. The van der Waals surface area contributed by atoms with Gasteiger partial charge in [0.05, 0.1) is 0 Å². The third-order valence-electron chi connectivity index (χ3n) is 8.26. The van der Waals surface area contributed by atoms with Crippen molar-refractivity contribution >= 4 is 11.8 Å². The molecule has 0 bridgehead atoms. The van der Waals surface area contributed by atoms with Gasteiger partial charge in [-0.3, -0.25) is 9.59 Å². The summed E-state index contributed by atoms with van der Waals surface area (Å²) in [5.74, 6) is 1.54. The van der Waals surface area contributed by atoms with Crippen LogP contribution in [0.25, 0.3) is 0 Å². The summed E-state index contributed by atoms with van der Waals surface area (Å²) < 4.78 is 5.53. The summed E-state index contributed by atoms with van der Waals surface area (Å²) in [5, 5.41) is 0. The SMILES string of the molecule is CC(=O)OC1CC[C@]2(C)C3=CC[C@]4(C)[C@@H](C(C)=O)CC[C@H]4C3=CCC2C1. The summed E-state index contributed by atoms with van der Waals surface area (Å²) in [7, 11) is 0. The Balaban J connectivity index is 1.63. The first-order chi connectivity index (χ1) is 12.3. The smallest absolute Gasteiger partial charge is 0.302 e. The molecule has 0 radical (unpaired) electrons. The zero-order valence-corrected chi connectivity index (χ0v) is 16.6. The van der Waals surface area contributed by atoms with E-state index in [4.69, 9.17) is 4.74 Å². The summed E-state index contributed by atoms with van der Waals surface area (Å²) in [5.41, 5.74) is 3.42. The molecule has 3 heteroatoms. The van der Waals surface area contributed by atoms with E-state index in [2.05, 4.69) is 26.0 Å². The molecule has 4 aliphatic carbocycles. The third kappa shape index (κ3) is 2.53. The Morgan fingerprint density at radius 3 is 2.58 bits per heavy atom. The number of hydrogen-bond acceptors (Lipinski definition) is 3. The number of ether oxygens (including phenoxy) is 1. The predicted octanol–water partition coefficient (Wildman–Crippen LogP) is 5.01. The van der Waals surface area contributed by atoms with Gasteiger partial charge < -0.3 is 4.74 Å². The molecule has 6 atom stereocenters. The highest BCUT2D eigenvalue weighted by Gasteiger charge is 2.55. The number of carbonyl (C=O) groups excluding carboxylic acids is 2. The summed E-state index contributed by atoms with van der Waals surface area (Å²) in [6, 6.07) is 0. The number of esters is 1. The number of fused-ring (bicyclic) bond motifs is 5. The number of allylic oxidation sites excluding steroid dienone is 4. The lowest BCUT2D eigenvalue weighted by Crippen LogP contribution is -2.45. The van der Waals surface area contributed by atoms with Crippen LogP contribution in [0.3, 0.4) is 0 Å². The van der Waals surface area contributed by atoms with Gasteiger partial charge in [0.25, 0.3) is 0 Å². The van der Waals surface area contributed by atoms with Gasteiger partial charge in [-0.05, 0) is 85.7 Å². The Hall–Kier alpha value is -1.38. The van der Waals surface area contributed by atoms with Crippen molar-refractivity contribution in [3.8, 4) is 0 Å². The van der Waals surface area contributed by atoms with Crippen LogP contribution in [-0.4, -0.2) is 17.9 Å². The fraction of sp³-hybridized carbons (Fsp3) is 0.739. The van der Waals surface area contributed by atoms with Crippen molar-refractivity contribution in [1.29, 1.82) is 0 Å². The summed E-state index contributed by atoms with van der Waals surface area (Å²) in [6.45, 7) is 8.07. The number of ketones is 1. The molecule has 0 N–H and O–H groups in total. The molecule has 0 heterocycles. The topological polar surface area (TPSA) is 43.4 Å². The minimum atomic E-state index is -0.153. The van der Waals surface area contributed by atoms with Crippen LogP contribution >= 0.6 is 0 Å². The molecule has 0 aromatic heterocycles. The molecule has 4 rings (SSSR count). The lowest BCUT2D eigenvalue weighted by atomic mass is 9.52. The Morgan fingerprint density at radius 1 is 1.12 bits per heavy atom. The molecular weight excluding hydrogens is 324 g/mol. The standard InChI is InChI=1S/C23H32O3/c1-14(24)19-7-8-20-18-6-5-16-13-17(26-15(2)25)9-11-22(16,3)21(18)10-12-23(19,20)4/h6,10,16-17,19-20H,5,7-9,11-13H2,1-4H3/t16?,17?,19-,20+,22+,23-/m1/s1. The molecule has 0 saturated heterocycles. The average Bonchev–Trinajstić information content (AvgIpc) is 2.92. The molecule has 2 fully saturated rings. The van der Waals surface area contributed by atoms with E-state index in [1.807, 2.05) is 0 Å². The first-order valence-electron chi connectivity index (χ1n) is 10.3. The van der Waals surface area contributed by atoms with Crippen LogP contribution in [0.15, 0.2) is 23.3 Å². The normalized spacial score (nSPS) is 44.2. The van der Waals surface area contributed by atoms with Crippen molar-refractivity contribution < 1.29 is 14.3 Å². The van der Waals surface area contributed by atoms with Gasteiger partial charge in [-0.15, -0.1) is 0 Å². The van der Waals surface area contributed by atoms with Crippen LogP contribution in [0.1, 0.15) is 72.6 Å². The van der Waals surface area contributed by atoms with Crippen molar-refractivity contribution in [1.82, 2.24) is 0 Å². The molecule has 4 aliphatic rings. The zero-order chi connectivity index (χ0) is 18.7. The van der Waals surface area contributed by atoms with Crippen molar-refractivity contribution in [3.63, 3.8) is 0 Å². The number of carbonyl (C=O) groups is 2. The Labute approximate surface area is 157 Å². The highest BCUT2D eigenvalue weighted by Crippen LogP contribution is 2.63. The fourth-order valence-electron chi connectivity index (χ4n) is 6.82. The van der Waals surface area contributed by atoms with E-state index in [-0.39, 0.29) is 28.8 Å². The van der Waals surface area contributed by atoms with Crippen LogP contribution in [-0.2, 0) is 14.3 Å². The molecule has 0 aliphatic heterocycles. The van der Waals surface area contributed by atoms with E-state index in [1.165, 1.54) is 6.92 Å². The maximum atomic E-state index is 12.2. The van der Waals surface area contributed by atoms with Crippen LogP contribution in [0, 0.1) is 28.6 Å². The lowest BCUT2D eigenvalue weighted by Gasteiger charge is -2.53. The minimum Gasteiger partial charge on any atom is -0.463 e. The van der Waals surface area contributed by atoms with E-state index < -0.39 is 0 Å². The van der Waals surface area contributed by atoms with Gasteiger partial charge in [-0.1, -0.05) is 26.0 Å². The van der Waals surface area contributed by atoms with Crippen LogP contribution in [0.5, 0.6) is 0 Å². The van der Waals surface area contributed by atoms with Gasteiger partial charge in [0.15, 0.2) is 0 Å². The maximum absolute atomic E-state index is 12.2. The quantitative estimate of drug-likeness (QED) is 0.654. The van der Waals surface area contributed by atoms with E-state index >= 15 is 0 Å². The van der Waals surface area contributed by atoms with Crippen molar-refractivity contribution in [2.24, 2.45) is 28.6 Å². The highest BCUT2D eigenvalue weighted by atomic mass is 16.5. The van der Waals surface area contributed by atoms with E-state index in [1.54, 1.807) is 18.1 Å². The number of hydrogen-bond donors (Lipinski definition) is 0. The molecule has 0 aromatic carbocycles. The molecule has 2 saturated carbocycles. The van der Waals surface area contributed by atoms with Crippen LogP contribution < -0.4 is 0 Å². The highest BCUT2D eigenvalue weighted by molar-refractivity contribution is 5.80. The Morgan fingerprint density at radius 2 is 1.88 bits per heavy atom. The first kappa shape index (κ1) is 18.0. The van der Waals surface area contributed by atoms with Gasteiger partial charge in [-0.2, -0.15) is 0 Å². The molecule has 142 valence electrons. The summed E-state index contributed by atoms with van der Waals surface area (Å²) >= 11 is 0. The molecule has 0 spiro atoms.